The van der Waals surface area contributed by atoms with E-state index in [0.717, 1.165) is 10.8 Å². The van der Waals surface area contributed by atoms with Gasteiger partial charge in [0.2, 0.25) is 5.82 Å². The van der Waals surface area contributed by atoms with Crippen LogP contribution in [-0.4, -0.2) is 42.4 Å². The first-order valence-electron chi connectivity index (χ1n) is 6.54. The van der Waals surface area contributed by atoms with Gasteiger partial charge in [-0.1, -0.05) is 0 Å². The van der Waals surface area contributed by atoms with Gasteiger partial charge in [-0.2, -0.15) is 4.39 Å². The number of halogens is 1. The van der Waals surface area contributed by atoms with Gasteiger partial charge in [-0.25, -0.2) is 9.59 Å². The number of H-pyrrole nitrogens is 1. The average molecular weight is 352 g/mol. The predicted octanol–water partition coefficient (Wildman–Crippen LogP) is -0.626. The molecule has 4 N–H and O–H groups in total. The number of hydrogen-bond acceptors (Lipinski definition) is 5. The molecule has 1 fully saturated rings. The highest BCUT2D eigenvalue weighted by Gasteiger charge is 2.41. The SMILES string of the molecule is O=C(O)C(O[C@@H]1CC[C@H](n2cc(F)c(=O)[nH]c2=O)C1)P(=O)(O)O. The van der Waals surface area contributed by atoms with Crippen molar-refractivity contribution in [3.05, 3.63) is 32.9 Å². The topological polar surface area (TPSA) is 159 Å². The summed E-state index contributed by atoms with van der Waals surface area (Å²) in [5.41, 5.74) is -1.98. The van der Waals surface area contributed by atoms with Gasteiger partial charge < -0.3 is 19.6 Å². The number of carbonyl (C=O) groups is 1. The number of nitrogens with one attached hydrogen (secondary N) is 1. The van der Waals surface area contributed by atoms with Crippen molar-refractivity contribution in [2.75, 3.05) is 0 Å². The van der Waals surface area contributed by atoms with E-state index < -0.39 is 48.6 Å². The molecule has 3 atom stereocenters. The second kappa shape index (κ2) is 6.36. The molecule has 12 heteroatoms. The fourth-order valence-electron chi connectivity index (χ4n) is 2.49. The normalized spacial score (nSPS) is 22.9. The first-order valence-corrected chi connectivity index (χ1v) is 8.22. The van der Waals surface area contributed by atoms with Crippen molar-refractivity contribution in [3.63, 3.8) is 0 Å². The molecule has 10 nitrogen and oxygen atoms in total. The lowest BCUT2D eigenvalue weighted by Crippen LogP contribution is -2.33. The first kappa shape index (κ1) is 17.5. The summed E-state index contributed by atoms with van der Waals surface area (Å²) in [5.74, 6) is -5.24. The first-order chi connectivity index (χ1) is 10.6. The van der Waals surface area contributed by atoms with Gasteiger partial charge in [0.15, 0.2) is 0 Å². The minimum atomic E-state index is -5.00. The second-order valence-electron chi connectivity index (χ2n) is 5.15. The highest BCUT2D eigenvalue weighted by molar-refractivity contribution is 7.53. The van der Waals surface area contributed by atoms with E-state index in [1.807, 2.05) is 0 Å². The van der Waals surface area contributed by atoms with Gasteiger partial charge in [0.1, 0.15) is 0 Å². The largest absolute Gasteiger partial charge is 0.479 e. The molecule has 23 heavy (non-hydrogen) atoms. The van der Waals surface area contributed by atoms with Crippen molar-refractivity contribution in [2.24, 2.45) is 0 Å². The molecular formula is C11H14FN2O8P. The molecule has 1 aromatic rings. The summed E-state index contributed by atoms with van der Waals surface area (Å²) < 4.78 is 30.2. The third-order valence-electron chi connectivity index (χ3n) is 3.51. The minimum absolute atomic E-state index is 0.0508. The fraction of sp³-hybridized carbons (Fsp3) is 0.545. The standard InChI is InChI=1S/C11H14FN2O8P/c12-7-4-14(11(18)13-8(7)15)5-1-2-6(3-5)22-10(9(16)17)23(19,20)21/h4-6,10H,1-3H2,(H,16,17)(H,13,15,18)(H2,19,20,21)/t5-,6+,10?/m0/s1. The smallest absolute Gasteiger partial charge is 0.365 e. The monoisotopic (exact) mass is 352 g/mol. The van der Waals surface area contributed by atoms with Gasteiger partial charge in [0, 0.05) is 6.04 Å². The Hall–Kier alpha value is -1.81. The molecule has 1 aromatic heterocycles. The second-order valence-corrected chi connectivity index (χ2v) is 6.80. The van der Waals surface area contributed by atoms with Crippen molar-refractivity contribution < 1.29 is 33.4 Å². The number of aromatic amines is 1. The van der Waals surface area contributed by atoms with Crippen LogP contribution in [0.5, 0.6) is 0 Å². The Bertz CT molecular complexity index is 768. The van der Waals surface area contributed by atoms with Crippen LogP contribution in [0, 0.1) is 5.82 Å². The van der Waals surface area contributed by atoms with E-state index in [9.17, 15) is 23.3 Å². The van der Waals surface area contributed by atoms with E-state index in [0.29, 0.717) is 6.42 Å². The number of rotatable bonds is 5. The summed E-state index contributed by atoms with van der Waals surface area (Å²) in [5, 5.41) is 8.80. The van der Waals surface area contributed by atoms with Crippen LogP contribution >= 0.6 is 7.60 Å². The van der Waals surface area contributed by atoms with E-state index in [2.05, 4.69) is 0 Å². The van der Waals surface area contributed by atoms with Crippen molar-refractivity contribution in [3.8, 4) is 0 Å². The highest BCUT2D eigenvalue weighted by atomic mass is 31.2. The Morgan fingerprint density at radius 2 is 2.09 bits per heavy atom. The van der Waals surface area contributed by atoms with Crippen LogP contribution in [0.1, 0.15) is 25.3 Å². The maximum absolute atomic E-state index is 13.3. The average Bonchev–Trinajstić information content (AvgIpc) is 2.87. The van der Waals surface area contributed by atoms with Crippen LogP contribution in [0.3, 0.4) is 0 Å². The number of carboxylic acids is 1. The van der Waals surface area contributed by atoms with E-state index in [1.54, 1.807) is 4.98 Å². The maximum atomic E-state index is 13.3. The van der Waals surface area contributed by atoms with Crippen LogP contribution < -0.4 is 11.2 Å². The molecule has 1 heterocycles. The third kappa shape index (κ3) is 3.94. The van der Waals surface area contributed by atoms with Crippen molar-refractivity contribution in [2.45, 2.75) is 37.3 Å². The van der Waals surface area contributed by atoms with Gasteiger partial charge in [0.05, 0.1) is 12.3 Å². The molecule has 0 aromatic carbocycles. The summed E-state index contributed by atoms with van der Waals surface area (Å²) in [6.07, 6.45) is 0.488. The molecule has 1 saturated carbocycles. The molecule has 1 aliphatic carbocycles. The third-order valence-corrected chi connectivity index (χ3v) is 4.47. The van der Waals surface area contributed by atoms with Crippen molar-refractivity contribution >= 4 is 13.6 Å². The molecule has 0 aliphatic heterocycles. The zero-order valence-corrected chi connectivity index (χ0v) is 12.5. The van der Waals surface area contributed by atoms with E-state index in [1.165, 1.54) is 0 Å². The maximum Gasteiger partial charge on any atom is 0.365 e. The quantitative estimate of drug-likeness (QED) is 0.510. The Kier molecular flexibility index (Phi) is 4.85. The zero-order valence-electron chi connectivity index (χ0n) is 11.6. The number of aliphatic carboxylic acids is 1. The zero-order chi connectivity index (χ0) is 17.4. The summed E-state index contributed by atoms with van der Waals surface area (Å²) >= 11 is 0. The van der Waals surface area contributed by atoms with E-state index in [-0.39, 0.29) is 12.8 Å². The molecule has 0 saturated heterocycles. The molecule has 0 amide bonds. The van der Waals surface area contributed by atoms with E-state index in [4.69, 9.17) is 19.6 Å². The minimum Gasteiger partial charge on any atom is -0.479 e. The van der Waals surface area contributed by atoms with Gasteiger partial charge in [0.25, 0.3) is 11.4 Å². The molecule has 1 aliphatic rings. The molecule has 128 valence electrons. The Morgan fingerprint density at radius 1 is 1.43 bits per heavy atom. The van der Waals surface area contributed by atoms with Crippen LogP contribution in [0.25, 0.3) is 0 Å². The summed E-state index contributed by atoms with van der Waals surface area (Å²) in [6.45, 7) is 0. The van der Waals surface area contributed by atoms with E-state index >= 15 is 0 Å². The van der Waals surface area contributed by atoms with Crippen LogP contribution in [0.15, 0.2) is 15.8 Å². The Labute approximate surface area is 127 Å². The van der Waals surface area contributed by atoms with Crippen molar-refractivity contribution in [1.82, 2.24) is 9.55 Å². The van der Waals surface area contributed by atoms with Crippen LogP contribution in [0.2, 0.25) is 0 Å². The van der Waals surface area contributed by atoms with Gasteiger partial charge in [-0.3, -0.25) is 18.9 Å². The van der Waals surface area contributed by atoms with Crippen LogP contribution in [0.4, 0.5) is 4.39 Å². The summed E-state index contributed by atoms with van der Waals surface area (Å²) in [6, 6.07) is -0.579. The number of carboxylic acid groups (broad SMARTS) is 1. The van der Waals surface area contributed by atoms with Gasteiger partial charge >= 0.3 is 19.3 Å². The summed E-state index contributed by atoms with van der Waals surface area (Å²) in [7, 11) is -5.00. The predicted molar refractivity (Wildman–Crippen MR) is 72.5 cm³/mol. The Balaban J connectivity index is 2.14. The molecule has 1 unspecified atom stereocenters. The van der Waals surface area contributed by atoms with Gasteiger partial charge in [-0.05, 0) is 19.3 Å². The number of nitrogens with zero attached hydrogens (tertiary/aromatic N) is 1. The summed E-state index contributed by atoms with van der Waals surface area (Å²) in [4.78, 5) is 53.2. The van der Waals surface area contributed by atoms with Gasteiger partial charge in [-0.15, -0.1) is 0 Å². The van der Waals surface area contributed by atoms with Crippen LogP contribution in [-0.2, 0) is 14.1 Å². The lowest BCUT2D eigenvalue weighted by atomic mass is 10.2. The lowest BCUT2D eigenvalue weighted by molar-refractivity contribution is -0.148. The number of aromatic nitrogens is 2. The highest BCUT2D eigenvalue weighted by Crippen LogP contribution is 2.44. The number of ether oxygens (including phenoxy) is 1. The molecule has 0 spiro atoms. The molecule has 0 bridgehead atoms. The lowest BCUT2D eigenvalue weighted by Gasteiger charge is -2.20. The Morgan fingerprint density at radius 3 is 2.65 bits per heavy atom. The fourth-order valence-corrected chi connectivity index (χ4v) is 3.11. The molecule has 0 radical (unpaired) electrons. The number of hydrogen-bond donors (Lipinski definition) is 4. The molecular weight excluding hydrogens is 338 g/mol. The molecule has 2 rings (SSSR count). The van der Waals surface area contributed by atoms with Crippen molar-refractivity contribution in [1.29, 1.82) is 0 Å².